The molecule has 1 N–H and O–H groups in total. The lowest BCUT2D eigenvalue weighted by Gasteiger charge is -2.06. The highest BCUT2D eigenvalue weighted by molar-refractivity contribution is 8.00. The van der Waals surface area contributed by atoms with Crippen molar-refractivity contribution in [2.75, 3.05) is 18.8 Å². The van der Waals surface area contributed by atoms with Crippen LogP contribution in [0.15, 0.2) is 4.34 Å². The van der Waals surface area contributed by atoms with E-state index in [1.54, 1.807) is 0 Å². The van der Waals surface area contributed by atoms with Crippen LogP contribution in [0.25, 0.3) is 0 Å². The van der Waals surface area contributed by atoms with E-state index < -0.39 is 0 Å². The molecule has 0 saturated heterocycles. The number of thioether (sulfide) groups is 1. The molecule has 3 nitrogen and oxygen atoms in total. The number of aryl methyl sites for hydroxylation is 1. The first kappa shape index (κ1) is 13.9. The summed E-state index contributed by atoms with van der Waals surface area (Å²) in [7, 11) is 0. The van der Waals surface area contributed by atoms with Crippen LogP contribution in [0.3, 0.4) is 0 Å². The average molecular weight is 259 g/mol. The smallest absolute Gasteiger partial charge is 0.170 e. The van der Waals surface area contributed by atoms with Crippen LogP contribution in [0.2, 0.25) is 0 Å². The Bertz CT molecular complexity index is 287. The minimum atomic E-state index is 0.749. The molecule has 0 amide bonds. The van der Waals surface area contributed by atoms with Gasteiger partial charge in [-0.2, -0.15) is 4.37 Å². The number of hydrogen-bond acceptors (Lipinski definition) is 5. The van der Waals surface area contributed by atoms with E-state index in [1.165, 1.54) is 24.4 Å². The van der Waals surface area contributed by atoms with E-state index >= 15 is 0 Å². The summed E-state index contributed by atoms with van der Waals surface area (Å²) < 4.78 is 5.27. The Morgan fingerprint density at radius 3 is 2.81 bits per heavy atom. The Kier molecular flexibility index (Phi) is 7.00. The van der Waals surface area contributed by atoms with Crippen molar-refractivity contribution in [2.24, 2.45) is 5.92 Å². The molecule has 0 aliphatic heterocycles. The van der Waals surface area contributed by atoms with Crippen molar-refractivity contribution in [2.45, 2.75) is 38.0 Å². The second-order valence-electron chi connectivity index (χ2n) is 4.26. The molecule has 0 spiro atoms. The summed E-state index contributed by atoms with van der Waals surface area (Å²) in [6.07, 6.45) is 2.49. The fraction of sp³-hybridized carbons (Fsp3) is 0.818. The predicted octanol–water partition coefficient (Wildman–Crippen LogP) is 2.96. The second-order valence-corrected chi connectivity index (χ2v) is 6.35. The van der Waals surface area contributed by atoms with Gasteiger partial charge in [-0.1, -0.05) is 25.6 Å². The molecule has 5 heteroatoms. The largest absolute Gasteiger partial charge is 0.316 e. The molecule has 0 aliphatic rings. The summed E-state index contributed by atoms with van der Waals surface area (Å²) in [5, 5.41) is 3.45. The van der Waals surface area contributed by atoms with Crippen LogP contribution in [0, 0.1) is 12.8 Å². The van der Waals surface area contributed by atoms with E-state index in [2.05, 4.69) is 28.5 Å². The van der Waals surface area contributed by atoms with E-state index in [-0.39, 0.29) is 0 Å². The minimum absolute atomic E-state index is 0.749. The van der Waals surface area contributed by atoms with Crippen LogP contribution < -0.4 is 5.32 Å². The third-order valence-electron chi connectivity index (χ3n) is 2.03. The van der Waals surface area contributed by atoms with Crippen LogP contribution >= 0.6 is 23.3 Å². The highest BCUT2D eigenvalue weighted by atomic mass is 32.2. The van der Waals surface area contributed by atoms with Gasteiger partial charge in [-0.05, 0) is 50.3 Å². The van der Waals surface area contributed by atoms with Crippen LogP contribution in [0.1, 0.15) is 32.5 Å². The summed E-state index contributed by atoms with van der Waals surface area (Å²) >= 11 is 3.33. The maximum atomic E-state index is 4.32. The van der Waals surface area contributed by atoms with Crippen molar-refractivity contribution < 1.29 is 0 Å². The number of rotatable bonds is 8. The molecule has 92 valence electrons. The fourth-order valence-corrected chi connectivity index (χ4v) is 2.96. The molecule has 1 aromatic heterocycles. The van der Waals surface area contributed by atoms with E-state index in [4.69, 9.17) is 0 Å². The molecular weight excluding hydrogens is 238 g/mol. The van der Waals surface area contributed by atoms with Gasteiger partial charge >= 0.3 is 0 Å². The lowest BCUT2D eigenvalue weighted by Crippen LogP contribution is -2.20. The van der Waals surface area contributed by atoms with Crippen molar-refractivity contribution in [3.8, 4) is 0 Å². The summed E-state index contributed by atoms with van der Waals surface area (Å²) in [5.41, 5.74) is 0. The molecule has 0 aliphatic carbocycles. The molecule has 0 saturated carbocycles. The van der Waals surface area contributed by atoms with Gasteiger partial charge in [-0.3, -0.25) is 0 Å². The average Bonchev–Trinajstić information content (AvgIpc) is 2.62. The third kappa shape index (κ3) is 6.45. The Hall–Kier alpha value is -0.130. The number of aromatic nitrogens is 2. The van der Waals surface area contributed by atoms with Crippen LogP contribution in [0.4, 0.5) is 0 Å². The Morgan fingerprint density at radius 1 is 1.38 bits per heavy atom. The van der Waals surface area contributed by atoms with Gasteiger partial charge in [-0.25, -0.2) is 4.98 Å². The Balaban J connectivity index is 1.92. The molecular formula is C11H21N3S2. The van der Waals surface area contributed by atoms with Crippen molar-refractivity contribution in [3.05, 3.63) is 5.82 Å². The summed E-state index contributed by atoms with van der Waals surface area (Å²) in [6.45, 7) is 8.67. The second kappa shape index (κ2) is 8.03. The first-order valence-corrected chi connectivity index (χ1v) is 7.58. The monoisotopic (exact) mass is 259 g/mol. The van der Waals surface area contributed by atoms with E-state index in [9.17, 15) is 0 Å². The maximum absolute atomic E-state index is 4.32. The zero-order valence-electron chi connectivity index (χ0n) is 10.3. The lowest BCUT2D eigenvalue weighted by atomic mass is 10.2. The molecule has 0 radical (unpaired) electrons. The van der Waals surface area contributed by atoms with E-state index in [0.29, 0.717) is 0 Å². The number of unbranched alkanes of at least 4 members (excludes halogenated alkanes) is 1. The highest BCUT2D eigenvalue weighted by Crippen LogP contribution is 2.20. The summed E-state index contributed by atoms with van der Waals surface area (Å²) in [5.74, 6) is 2.79. The van der Waals surface area contributed by atoms with Gasteiger partial charge in [0.25, 0.3) is 0 Å². The lowest BCUT2D eigenvalue weighted by molar-refractivity contribution is 0.541. The van der Waals surface area contributed by atoms with Gasteiger partial charge in [-0.15, -0.1) is 0 Å². The van der Waals surface area contributed by atoms with Crippen LogP contribution in [-0.2, 0) is 0 Å². The summed E-state index contributed by atoms with van der Waals surface area (Å²) in [4.78, 5) is 4.32. The number of nitrogens with zero attached hydrogens (tertiary/aromatic N) is 2. The van der Waals surface area contributed by atoms with Gasteiger partial charge in [0.2, 0.25) is 0 Å². The molecule has 0 bridgehead atoms. The van der Waals surface area contributed by atoms with Crippen LogP contribution in [-0.4, -0.2) is 28.2 Å². The molecule has 0 unspecified atom stereocenters. The maximum Gasteiger partial charge on any atom is 0.170 e. The minimum Gasteiger partial charge on any atom is -0.316 e. The first-order chi connectivity index (χ1) is 7.68. The van der Waals surface area contributed by atoms with Crippen molar-refractivity contribution in [1.82, 2.24) is 14.7 Å². The van der Waals surface area contributed by atoms with Crippen molar-refractivity contribution in [3.63, 3.8) is 0 Å². The third-order valence-corrected chi connectivity index (χ3v) is 4.05. The normalized spacial score (nSPS) is 11.2. The SMILES string of the molecule is Cc1nsc(SCCCCNCC(C)C)n1. The molecule has 16 heavy (non-hydrogen) atoms. The highest BCUT2D eigenvalue weighted by Gasteiger charge is 2.00. The fourth-order valence-electron chi connectivity index (χ4n) is 1.24. The van der Waals surface area contributed by atoms with Crippen molar-refractivity contribution >= 4 is 23.3 Å². The molecule has 1 rings (SSSR count). The first-order valence-electron chi connectivity index (χ1n) is 5.82. The Morgan fingerprint density at radius 2 is 2.19 bits per heavy atom. The Labute approximate surface area is 107 Å². The number of nitrogens with one attached hydrogen (secondary N) is 1. The standard InChI is InChI=1S/C11H21N3S2/c1-9(2)8-12-6-4-5-7-15-11-13-10(3)14-16-11/h9,12H,4-8H2,1-3H3. The summed E-state index contributed by atoms with van der Waals surface area (Å²) in [6, 6.07) is 0. The van der Waals surface area contributed by atoms with Gasteiger partial charge < -0.3 is 5.32 Å². The zero-order chi connectivity index (χ0) is 11.8. The van der Waals surface area contributed by atoms with Gasteiger partial charge in [0.05, 0.1) is 0 Å². The molecule has 0 aromatic carbocycles. The van der Waals surface area contributed by atoms with Crippen molar-refractivity contribution in [1.29, 1.82) is 0 Å². The molecule has 1 heterocycles. The van der Waals surface area contributed by atoms with Gasteiger partial charge in [0.15, 0.2) is 4.34 Å². The van der Waals surface area contributed by atoms with Gasteiger partial charge in [0, 0.05) is 5.75 Å². The molecule has 0 atom stereocenters. The number of hydrogen-bond donors (Lipinski definition) is 1. The molecule has 0 fully saturated rings. The quantitative estimate of drug-likeness (QED) is 0.575. The van der Waals surface area contributed by atoms with E-state index in [1.807, 2.05) is 18.7 Å². The van der Waals surface area contributed by atoms with Crippen LogP contribution in [0.5, 0.6) is 0 Å². The van der Waals surface area contributed by atoms with Gasteiger partial charge in [0.1, 0.15) is 5.82 Å². The van der Waals surface area contributed by atoms with E-state index in [0.717, 1.165) is 34.9 Å². The molecule has 1 aromatic rings. The predicted molar refractivity (Wildman–Crippen MR) is 72.3 cm³/mol. The zero-order valence-corrected chi connectivity index (χ0v) is 12.0. The topological polar surface area (TPSA) is 37.8 Å².